The number of hydrogen-bond acceptors (Lipinski definition) is 3. The van der Waals surface area contributed by atoms with Crippen LogP contribution < -0.4 is 5.32 Å². The fourth-order valence-corrected chi connectivity index (χ4v) is 2.82. The van der Waals surface area contributed by atoms with Gasteiger partial charge in [-0.15, -0.1) is 0 Å². The lowest BCUT2D eigenvalue weighted by Crippen LogP contribution is -2.21. The lowest BCUT2D eigenvalue weighted by atomic mass is 10.2. The molecule has 1 saturated heterocycles. The highest BCUT2D eigenvalue weighted by molar-refractivity contribution is 7.99. The lowest BCUT2D eigenvalue weighted by molar-refractivity contribution is 0.100. The first-order valence-corrected chi connectivity index (χ1v) is 6.74. The van der Waals surface area contributed by atoms with Gasteiger partial charge in [-0.05, 0) is 45.4 Å². The first-order chi connectivity index (χ1) is 6.83. The second-order valence-electron chi connectivity index (χ2n) is 4.01. The Morgan fingerprint density at radius 1 is 1.43 bits per heavy atom. The average Bonchev–Trinajstić information content (AvgIpc) is 2.25. The van der Waals surface area contributed by atoms with E-state index in [1.165, 1.54) is 31.4 Å². The number of hydrogen-bond donors (Lipinski definition) is 1. The summed E-state index contributed by atoms with van der Waals surface area (Å²) in [6, 6.07) is 0.672. The van der Waals surface area contributed by atoms with Crippen LogP contribution in [0.3, 0.4) is 0 Å². The molecule has 0 amide bonds. The van der Waals surface area contributed by atoms with Crippen molar-refractivity contribution in [3.63, 3.8) is 0 Å². The summed E-state index contributed by atoms with van der Waals surface area (Å²) in [5.41, 5.74) is 0. The van der Waals surface area contributed by atoms with Crippen LogP contribution in [0.15, 0.2) is 0 Å². The van der Waals surface area contributed by atoms with Gasteiger partial charge in [-0.2, -0.15) is 11.8 Å². The maximum absolute atomic E-state index is 5.34. The van der Waals surface area contributed by atoms with E-state index in [4.69, 9.17) is 4.74 Å². The van der Waals surface area contributed by atoms with Crippen LogP contribution in [-0.2, 0) is 4.74 Å². The molecule has 1 atom stereocenters. The Balaban J connectivity index is 1.92. The molecule has 0 aromatic rings. The maximum Gasteiger partial charge on any atom is 0.0476 e. The third-order valence-corrected chi connectivity index (χ3v) is 4.26. The fourth-order valence-electron chi connectivity index (χ4n) is 1.63. The SMILES string of the molecule is CNC(C)CCCSC1CCOCC1. The zero-order valence-corrected chi connectivity index (χ0v) is 10.2. The molecule has 1 unspecified atom stereocenters. The van der Waals surface area contributed by atoms with E-state index in [0.717, 1.165) is 18.5 Å². The van der Waals surface area contributed by atoms with Gasteiger partial charge in [0.05, 0.1) is 0 Å². The number of thioether (sulfide) groups is 1. The van der Waals surface area contributed by atoms with Crippen LogP contribution in [0, 0.1) is 0 Å². The second-order valence-corrected chi connectivity index (χ2v) is 5.42. The molecule has 1 aliphatic heterocycles. The summed E-state index contributed by atoms with van der Waals surface area (Å²) in [6.07, 6.45) is 5.15. The molecule has 14 heavy (non-hydrogen) atoms. The Labute approximate surface area is 92.2 Å². The normalized spacial score (nSPS) is 21.0. The first-order valence-electron chi connectivity index (χ1n) is 5.69. The smallest absolute Gasteiger partial charge is 0.0476 e. The van der Waals surface area contributed by atoms with Crippen molar-refractivity contribution in [2.75, 3.05) is 26.0 Å². The summed E-state index contributed by atoms with van der Waals surface area (Å²) in [6.45, 7) is 4.20. The van der Waals surface area contributed by atoms with Gasteiger partial charge in [0.15, 0.2) is 0 Å². The van der Waals surface area contributed by atoms with E-state index < -0.39 is 0 Å². The van der Waals surface area contributed by atoms with E-state index in [1.54, 1.807) is 0 Å². The Morgan fingerprint density at radius 3 is 2.79 bits per heavy atom. The van der Waals surface area contributed by atoms with Gasteiger partial charge in [0.2, 0.25) is 0 Å². The molecule has 0 spiro atoms. The van der Waals surface area contributed by atoms with E-state index in [2.05, 4.69) is 24.0 Å². The fraction of sp³-hybridized carbons (Fsp3) is 1.00. The largest absolute Gasteiger partial charge is 0.381 e. The molecular formula is C11H23NOS. The van der Waals surface area contributed by atoms with E-state index in [9.17, 15) is 0 Å². The molecule has 1 fully saturated rings. The van der Waals surface area contributed by atoms with Gasteiger partial charge in [-0.1, -0.05) is 0 Å². The molecule has 0 bridgehead atoms. The Hall–Kier alpha value is 0.270. The first kappa shape index (κ1) is 12.3. The maximum atomic E-state index is 5.34. The minimum atomic E-state index is 0.672. The molecule has 84 valence electrons. The minimum absolute atomic E-state index is 0.672. The van der Waals surface area contributed by atoms with Crippen LogP contribution in [0.2, 0.25) is 0 Å². The second kappa shape index (κ2) is 7.55. The number of nitrogens with one attached hydrogen (secondary N) is 1. The molecule has 0 aliphatic carbocycles. The Kier molecular flexibility index (Phi) is 6.65. The molecule has 0 radical (unpaired) electrons. The van der Waals surface area contributed by atoms with Crippen LogP contribution >= 0.6 is 11.8 Å². The van der Waals surface area contributed by atoms with Gasteiger partial charge < -0.3 is 10.1 Å². The van der Waals surface area contributed by atoms with Crippen LogP contribution in [0.1, 0.15) is 32.6 Å². The molecule has 1 aliphatic rings. The number of ether oxygens (including phenoxy) is 1. The van der Waals surface area contributed by atoms with Crippen molar-refractivity contribution in [3.05, 3.63) is 0 Å². The van der Waals surface area contributed by atoms with Gasteiger partial charge in [0, 0.05) is 24.5 Å². The molecule has 0 aromatic heterocycles. The summed E-state index contributed by atoms with van der Waals surface area (Å²) in [5.74, 6) is 1.32. The Morgan fingerprint density at radius 2 is 2.14 bits per heavy atom. The Bertz CT molecular complexity index is 137. The molecule has 1 rings (SSSR count). The summed E-state index contributed by atoms with van der Waals surface area (Å²) < 4.78 is 5.34. The quantitative estimate of drug-likeness (QED) is 0.690. The molecule has 1 heterocycles. The van der Waals surface area contributed by atoms with E-state index in [1.807, 2.05) is 7.05 Å². The highest BCUT2D eigenvalue weighted by Gasteiger charge is 2.13. The zero-order chi connectivity index (χ0) is 10.2. The molecule has 1 N–H and O–H groups in total. The third kappa shape index (κ3) is 5.23. The van der Waals surface area contributed by atoms with Gasteiger partial charge in [-0.3, -0.25) is 0 Å². The third-order valence-electron chi connectivity index (χ3n) is 2.80. The molecular weight excluding hydrogens is 194 g/mol. The molecule has 2 nitrogen and oxygen atoms in total. The topological polar surface area (TPSA) is 21.3 Å². The summed E-state index contributed by atoms with van der Waals surface area (Å²) in [5, 5.41) is 4.14. The highest BCUT2D eigenvalue weighted by Crippen LogP contribution is 2.22. The van der Waals surface area contributed by atoms with Crippen LogP contribution in [0.5, 0.6) is 0 Å². The highest BCUT2D eigenvalue weighted by atomic mass is 32.2. The lowest BCUT2D eigenvalue weighted by Gasteiger charge is -2.21. The van der Waals surface area contributed by atoms with Crippen LogP contribution in [-0.4, -0.2) is 37.3 Å². The summed E-state index contributed by atoms with van der Waals surface area (Å²) in [4.78, 5) is 0. The predicted molar refractivity (Wildman–Crippen MR) is 64.1 cm³/mol. The van der Waals surface area contributed by atoms with Crippen molar-refractivity contribution in [2.24, 2.45) is 0 Å². The summed E-state index contributed by atoms with van der Waals surface area (Å²) in [7, 11) is 2.04. The van der Waals surface area contributed by atoms with Crippen LogP contribution in [0.4, 0.5) is 0 Å². The van der Waals surface area contributed by atoms with Crippen molar-refractivity contribution >= 4 is 11.8 Å². The zero-order valence-electron chi connectivity index (χ0n) is 9.42. The molecule has 0 saturated carbocycles. The van der Waals surface area contributed by atoms with Crippen molar-refractivity contribution in [1.29, 1.82) is 0 Å². The summed E-state index contributed by atoms with van der Waals surface area (Å²) >= 11 is 2.14. The van der Waals surface area contributed by atoms with Gasteiger partial charge >= 0.3 is 0 Å². The van der Waals surface area contributed by atoms with Gasteiger partial charge in [0.1, 0.15) is 0 Å². The minimum Gasteiger partial charge on any atom is -0.381 e. The van der Waals surface area contributed by atoms with Gasteiger partial charge in [0.25, 0.3) is 0 Å². The van der Waals surface area contributed by atoms with E-state index in [-0.39, 0.29) is 0 Å². The van der Waals surface area contributed by atoms with E-state index >= 15 is 0 Å². The van der Waals surface area contributed by atoms with Crippen molar-refractivity contribution in [3.8, 4) is 0 Å². The van der Waals surface area contributed by atoms with Crippen molar-refractivity contribution in [2.45, 2.75) is 43.9 Å². The number of rotatable bonds is 6. The van der Waals surface area contributed by atoms with Gasteiger partial charge in [-0.25, -0.2) is 0 Å². The molecule has 3 heteroatoms. The predicted octanol–water partition coefficient (Wildman–Crippen LogP) is 2.29. The van der Waals surface area contributed by atoms with Crippen molar-refractivity contribution < 1.29 is 4.74 Å². The monoisotopic (exact) mass is 217 g/mol. The molecule has 0 aromatic carbocycles. The average molecular weight is 217 g/mol. The van der Waals surface area contributed by atoms with Crippen molar-refractivity contribution in [1.82, 2.24) is 5.32 Å². The van der Waals surface area contributed by atoms with Crippen LogP contribution in [0.25, 0.3) is 0 Å². The standard InChI is InChI=1S/C11H23NOS/c1-10(12-2)4-3-9-14-11-5-7-13-8-6-11/h10-12H,3-9H2,1-2H3. The van der Waals surface area contributed by atoms with E-state index in [0.29, 0.717) is 6.04 Å².